The molecular formula is C8H14N2O2. The van der Waals surface area contributed by atoms with E-state index in [0.29, 0.717) is 6.42 Å². The molecule has 12 heavy (non-hydrogen) atoms. The minimum atomic E-state index is 0.466. The van der Waals surface area contributed by atoms with Crippen molar-refractivity contribution in [1.29, 1.82) is 0 Å². The molecule has 4 heteroatoms. The molecule has 0 saturated heterocycles. The Hall–Kier alpha value is -1.16. The number of aromatic nitrogens is 2. The molecule has 68 valence electrons. The van der Waals surface area contributed by atoms with Gasteiger partial charge in [0.1, 0.15) is 6.29 Å². The number of carbonyl (C=O) groups is 1. The summed E-state index contributed by atoms with van der Waals surface area (Å²) in [4.78, 5) is 10.1. The molecule has 0 atom stereocenters. The van der Waals surface area contributed by atoms with E-state index >= 15 is 0 Å². The lowest BCUT2D eigenvalue weighted by atomic mass is 10.1. The summed E-state index contributed by atoms with van der Waals surface area (Å²) in [5.41, 5.74) is 2.93. The van der Waals surface area contributed by atoms with Gasteiger partial charge >= 0.3 is 0 Å². The van der Waals surface area contributed by atoms with E-state index in [4.69, 9.17) is 5.11 Å². The Balaban J connectivity index is 0.000000561. The molecule has 0 unspecified atom stereocenters. The van der Waals surface area contributed by atoms with E-state index in [1.165, 1.54) is 0 Å². The predicted molar refractivity (Wildman–Crippen MR) is 46.0 cm³/mol. The molecule has 0 fully saturated rings. The number of nitrogens with zero attached hydrogens (tertiary/aromatic N) is 1. The average Bonchev–Trinajstić information content (AvgIpc) is 2.40. The lowest BCUT2D eigenvalue weighted by Gasteiger charge is -1.90. The first-order chi connectivity index (χ1) is 5.75. The molecule has 2 N–H and O–H groups in total. The van der Waals surface area contributed by atoms with Crippen molar-refractivity contribution in [2.75, 3.05) is 7.11 Å². The highest BCUT2D eigenvalue weighted by molar-refractivity contribution is 5.56. The van der Waals surface area contributed by atoms with Crippen molar-refractivity contribution >= 4 is 6.29 Å². The Morgan fingerprint density at radius 3 is 2.42 bits per heavy atom. The molecule has 0 aliphatic rings. The van der Waals surface area contributed by atoms with Gasteiger partial charge in [0.05, 0.1) is 5.69 Å². The number of aryl methyl sites for hydroxylation is 2. The number of carbonyl (C=O) groups excluding carboxylic acids is 1. The van der Waals surface area contributed by atoms with Crippen molar-refractivity contribution in [3.8, 4) is 0 Å². The lowest BCUT2D eigenvalue weighted by Crippen LogP contribution is -1.88. The zero-order chi connectivity index (χ0) is 9.56. The summed E-state index contributed by atoms with van der Waals surface area (Å²) >= 11 is 0. The Labute approximate surface area is 71.6 Å². The molecule has 0 amide bonds. The summed E-state index contributed by atoms with van der Waals surface area (Å²) in [6.45, 7) is 3.81. The van der Waals surface area contributed by atoms with Crippen molar-refractivity contribution in [2.24, 2.45) is 0 Å². The average molecular weight is 170 g/mol. The van der Waals surface area contributed by atoms with Crippen LogP contribution in [0.25, 0.3) is 0 Å². The number of aldehydes is 1. The Morgan fingerprint density at radius 1 is 1.50 bits per heavy atom. The number of H-pyrrole nitrogens is 1. The molecule has 1 aromatic heterocycles. The zero-order valence-corrected chi connectivity index (χ0v) is 7.59. The Morgan fingerprint density at radius 2 is 2.08 bits per heavy atom. The van der Waals surface area contributed by atoms with Crippen LogP contribution in [-0.4, -0.2) is 28.7 Å². The standard InChI is InChI=1S/C7H10N2O.CH4O/c1-5-7(3-4-10)6(2)9-8-5;1-2/h4H,3H2,1-2H3,(H,8,9);2H,1H3. The third-order valence-corrected chi connectivity index (χ3v) is 1.57. The van der Waals surface area contributed by atoms with Gasteiger partial charge in [-0.1, -0.05) is 0 Å². The number of aliphatic hydroxyl groups excluding tert-OH is 1. The van der Waals surface area contributed by atoms with Gasteiger partial charge < -0.3 is 9.90 Å². The maximum Gasteiger partial charge on any atom is 0.124 e. The molecule has 0 spiro atoms. The first-order valence-electron chi connectivity index (χ1n) is 3.64. The first kappa shape index (κ1) is 10.8. The van der Waals surface area contributed by atoms with E-state index < -0.39 is 0 Å². The number of nitrogens with one attached hydrogen (secondary N) is 1. The fourth-order valence-corrected chi connectivity index (χ4v) is 0.958. The largest absolute Gasteiger partial charge is 0.400 e. The summed E-state index contributed by atoms with van der Waals surface area (Å²) in [6.07, 6.45) is 1.36. The monoisotopic (exact) mass is 170 g/mol. The zero-order valence-electron chi connectivity index (χ0n) is 7.59. The van der Waals surface area contributed by atoms with Crippen LogP contribution in [0.1, 0.15) is 17.0 Å². The molecule has 0 radical (unpaired) electrons. The normalized spacial score (nSPS) is 8.67. The smallest absolute Gasteiger partial charge is 0.124 e. The van der Waals surface area contributed by atoms with Gasteiger partial charge in [0.15, 0.2) is 0 Å². The molecule has 1 aromatic rings. The summed E-state index contributed by atoms with van der Waals surface area (Å²) in [5, 5.41) is 13.8. The Bertz CT molecular complexity index is 224. The minimum absolute atomic E-state index is 0.466. The van der Waals surface area contributed by atoms with E-state index in [0.717, 1.165) is 30.3 Å². The quantitative estimate of drug-likeness (QED) is 0.630. The summed E-state index contributed by atoms with van der Waals surface area (Å²) in [5.74, 6) is 0. The van der Waals surface area contributed by atoms with Gasteiger partial charge in [0.25, 0.3) is 0 Å². The van der Waals surface area contributed by atoms with Crippen molar-refractivity contribution < 1.29 is 9.90 Å². The highest BCUT2D eigenvalue weighted by atomic mass is 16.2. The predicted octanol–water partition coefficient (Wildman–Crippen LogP) is 0.376. The maximum atomic E-state index is 10.1. The molecule has 0 saturated carbocycles. The van der Waals surface area contributed by atoms with Crippen LogP contribution >= 0.6 is 0 Å². The highest BCUT2D eigenvalue weighted by Crippen LogP contribution is 2.07. The van der Waals surface area contributed by atoms with Gasteiger partial charge in [-0.2, -0.15) is 5.10 Å². The maximum absolute atomic E-state index is 10.1. The van der Waals surface area contributed by atoms with Crippen LogP contribution in [-0.2, 0) is 11.2 Å². The second-order valence-corrected chi connectivity index (χ2v) is 2.28. The number of hydrogen-bond acceptors (Lipinski definition) is 3. The van der Waals surface area contributed by atoms with Gasteiger partial charge in [0, 0.05) is 24.8 Å². The molecule has 0 aliphatic carbocycles. The third-order valence-electron chi connectivity index (χ3n) is 1.57. The first-order valence-corrected chi connectivity index (χ1v) is 3.64. The SMILES string of the molecule is CO.Cc1n[nH]c(C)c1CC=O. The molecule has 0 aromatic carbocycles. The Kier molecular flexibility index (Phi) is 4.96. The van der Waals surface area contributed by atoms with Gasteiger partial charge in [-0.25, -0.2) is 0 Å². The number of rotatable bonds is 2. The highest BCUT2D eigenvalue weighted by Gasteiger charge is 2.03. The van der Waals surface area contributed by atoms with Crippen LogP contribution in [0.3, 0.4) is 0 Å². The molecule has 0 aliphatic heterocycles. The molecular weight excluding hydrogens is 156 g/mol. The fraction of sp³-hybridized carbons (Fsp3) is 0.500. The van der Waals surface area contributed by atoms with Gasteiger partial charge in [-0.3, -0.25) is 5.10 Å². The van der Waals surface area contributed by atoms with Crippen molar-refractivity contribution in [3.05, 3.63) is 17.0 Å². The van der Waals surface area contributed by atoms with Gasteiger partial charge in [-0.15, -0.1) is 0 Å². The lowest BCUT2D eigenvalue weighted by molar-refractivity contribution is -0.107. The van der Waals surface area contributed by atoms with E-state index in [9.17, 15) is 4.79 Å². The molecule has 1 rings (SSSR count). The molecule has 0 bridgehead atoms. The van der Waals surface area contributed by atoms with Crippen LogP contribution in [0.2, 0.25) is 0 Å². The van der Waals surface area contributed by atoms with Gasteiger partial charge in [0.2, 0.25) is 0 Å². The van der Waals surface area contributed by atoms with Crippen molar-refractivity contribution in [1.82, 2.24) is 10.2 Å². The van der Waals surface area contributed by atoms with Crippen molar-refractivity contribution in [3.63, 3.8) is 0 Å². The van der Waals surface area contributed by atoms with Gasteiger partial charge in [-0.05, 0) is 13.8 Å². The van der Waals surface area contributed by atoms with Crippen LogP contribution in [0.5, 0.6) is 0 Å². The summed E-state index contributed by atoms with van der Waals surface area (Å²) < 4.78 is 0. The van der Waals surface area contributed by atoms with Crippen LogP contribution in [0, 0.1) is 13.8 Å². The van der Waals surface area contributed by atoms with Crippen LogP contribution in [0.4, 0.5) is 0 Å². The van der Waals surface area contributed by atoms with Crippen molar-refractivity contribution in [2.45, 2.75) is 20.3 Å². The summed E-state index contributed by atoms with van der Waals surface area (Å²) in [6, 6.07) is 0. The second-order valence-electron chi connectivity index (χ2n) is 2.28. The molecule has 1 heterocycles. The van der Waals surface area contributed by atoms with Crippen LogP contribution in [0.15, 0.2) is 0 Å². The second kappa shape index (κ2) is 5.49. The van der Waals surface area contributed by atoms with E-state index in [2.05, 4.69) is 10.2 Å². The number of aromatic amines is 1. The number of aliphatic hydroxyl groups is 1. The van der Waals surface area contributed by atoms with E-state index in [1.807, 2.05) is 13.8 Å². The van der Waals surface area contributed by atoms with E-state index in [1.54, 1.807) is 0 Å². The fourth-order valence-electron chi connectivity index (χ4n) is 0.958. The number of hydrogen-bond donors (Lipinski definition) is 2. The third kappa shape index (κ3) is 2.47. The molecule has 4 nitrogen and oxygen atoms in total. The van der Waals surface area contributed by atoms with E-state index in [-0.39, 0.29) is 0 Å². The van der Waals surface area contributed by atoms with Crippen LogP contribution < -0.4 is 0 Å². The topological polar surface area (TPSA) is 66.0 Å². The minimum Gasteiger partial charge on any atom is -0.400 e. The summed E-state index contributed by atoms with van der Waals surface area (Å²) in [7, 11) is 1.00.